The molecule has 7 nitrogen and oxygen atoms in total. The zero-order chi connectivity index (χ0) is 26.9. The third-order valence-electron chi connectivity index (χ3n) is 5.68. The van der Waals surface area contributed by atoms with Gasteiger partial charge >= 0.3 is 18.0 Å². The number of esters is 2. The molecule has 1 amide bonds. The van der Waals surface area contributed by atoms with Gasteiger partial charge in [0.25, 0.3) is 0 Å². The van der Waals surface area contributed by atoms with Crippen LogP contribution in [0.25, 0.3) is 21.9 Å². The van der Waals surface area contributed by atoms with Gasteiger partial charge in [-0.15, -0.1) is 0 Å². The molecule has 38 heavy (non-hydrogen) atoms. The highest BCUT2D eigenvalue weighted by Crippen LogP contribution is 2.25. The number of anilines is 1. The Bertz CT molecular complexity index is 1460. The SMILES string of the molecule is C=C(C)C(=O)OCC(COC(=O)Nc1cccc2ccccc12)OC(=O)c1ccccc1-c1ccccc1. The van der Waals surface area contributed by atoms with Gasteiger partial charge in [0.1, 0.15) is 13.2 Å². The molecule has 0 saturated carbocycles. The molecule has 192 valence electrons. The first-order valence-electron chi connectivity index (χ1n) is 12.0. The van der Waals surface area contributed by atoms with Crippen LogP contribution < -0.4 is 5.32 Å². The number of carbonyl (C=O) groups excluding carboxylic acids is 3. The van der Waals surface area contributed by atoms with Crippen LogP contribution >= 0.6 is 0 Å². The number of amides is 1. The second-order valence-corrected chi connectivity index (χ2v) is 8.57. The molecule has 4 rings (SSSR count). The highest BCUT2D eigenvalue weighted by molar-refractivity contribution is 6.00. The monoisotopic (exact) mass is 509 g/mol. The van der Waals surface area contributed by atoms with Crippen molar-refractivity contribution in [3.63, 3.8) is 0 Å². The lowest BCUT2D eigenvalue weighted by atomic mass is 10.00. The first-order valence-corrected chi connectivity index (χ1v) is 12.0. The van der Waals surface area contributed by atoms with Crippen LogP contribution in [0.15, 0.2) is 109 Å². The minimum Gasteiger partial charge on any atom is -0.458 e. The fraction of sp³-hybridized carbons (Fsp3) is 0.129. The van der Waals surface area contributed by atoms with Gasteiger partial charge < -0.3 is 14.2 Å². The summed E-state index contributed by atoms with van der Waals surface area (Å²) >= 11 is 0. The fourth-order valence-electron chi connectivity index (χ4n) is 3.80. The molecule has 4 aromatic carbocycles. The molecule has 0 aliphatic heterocycles. The Kier molecular flexibility index (Phi) is 8.51. The van der Waals surface area contributed by atoms with Crippen molar-refractivity contribution in [1.29, 1.82) is 0 Å². The van der Waals surface area contributed by atoms with E-state index in [0.29, 0.717) is 16.8 Å². The number of hydrogen-bond acceptors (Lipinski definition) is 6. The largest absolute Gasteiger partial charge is 0.458 e. The Balaban J connectivity index is 1.47. The predicted molar refractivity (Wildman–Crippen MR) is 146 cm³/mol. The summed E-state index contributed by atoms with van der Waals surface area (Å²) in [5.74, 6) is -1.28. The summed E-state index contributed by atoms with van der Waals surface area (Å²) < 4.78 is 16.2. The highest BCUT2D eigenvalue weighted by Gasteiger charge is 2.23. The molecule has 0 radical (unpaired) electrons. The molecular formula is C31H27NO6. The molecule has 0 aliphatic rings. The summed E-state index contributed by atoms with van der Waals surface area (Å²) in [4.78, 5) is 37.7. The van der Waals surface area contributed by atoms with Crippen molar-refractivity contribution >= 4 is 34.5 Å². The van der Waals surface area contributed by atoms with Gasteiger partial charge in [-0.1, -0.05) is 91.5 Å². The lowest BCUT2D eigenvalue weighted by molar-refractivity contribution is -0.142. The van der Waals surface area contributed by atoms with Gasteiger partial charge in [0, 0.05) is 11.0 Å². The number of carbonyl (C=O) groups is 3. The van der Waals surface area contributed by atoms with Crippen LogP contribution in [0.1, 0.15) is 17.3 Å². The number of hydrogen-bond donors (Lipinski definition) is 1. The Labute approximate surface area is 220 Å². The summed E-state index contributed by atoms with van der Waals surface area (Å²) in [6.45, 7) is 4.42. The van der Waals surface area contributed by atoms with Crippen LogP contribution in [0, 0.1) is 0 Å². The molecule has 0 aliphatic carbocycles. The summed E-state index contributed by atoms with van der Waals surface area (Å²) in [5.41, 5.74) is 2.63. The van der Waals surface area contributed by atoms with Gasteiger partial charge in [0.05, 0.1) is 11.3 Å². The van der Waals surface area contributed by atoms with Gasteiger partial charge in [0.2, 0.25) is 0 Å². The first-order chi connectivity index (χ1) is 18.4. The molecule has 0 fully saturated rings. The number of fused-ring (bicyclic) bond motifs is 1. The number of nitrogens with one attached hydrogen (secondary N) is 1. The third kappa shape index (κ3) is 6.64. The Morgan fingerprint density at radius 1 is 0.789 bits per heavy atom. The number of rotatable bonds is 9. The van der Waals surface area contributed by atoms with Crippen molar-refractivity contribution in [2.75, 3.05) is 18.5 Å². The predicted octanol–water partition coefficient (Wildman–Crippen LogP) is 6.40. The van der Waals surface area contributed by atoms with Crippen molar-refractivity contribution in [3.05, 3.63) is 115 Å². The highest BCUT2D eigenvalue weighted by atomic mass is 16.6. The second kappa shape index (κ2) is 12.4. The van der Waals surface area contributed by atoms with E-state index in [1.54, 1.807) is 18.2 Å². The molecule has 0 bridgehead atoms. The first kappa shape index (κ1) is 26.2. The molecular weight excluding hydrogens is 482 g/mol. The van der Waals surface area contributed by atoms with E-state index < -0.39 is 24.1 Å². The van der Waals surface area contributed by atoms with Gasteiger partial charge in [-0.25, -0.2) is 14.4 Å². The lowest BCUT2D eigenvalue weighted by Gasteiger charge is -2.19. The van der Waals surface area contributed by atoms with Crippen molar-refractivity contribution in [1.82, 2.24) is 0 Å². The van der Waals surface area contributed by atoms with Crippen molar-refractivity contribution in [3.8, 4) is 11.1 Å². The minimum atomic E-state index is -1.05. The summed E-state index contributed by atoms with van der Waals surface area (Å²) in [6.07, 6.45) is -1.79. The Morgan fingerprint density at radius 3 is 2.24 bits per heavy atom. The quantitative estimate of drug-likeness (QED) is 0.159. The van der Waals surface area contributed by atoms with E-state index >= 15 is 0 Å². The molecule has 1 atom stereocenters. The molecule has 1 unspecified atom stereocenters. The van der Waals surface area contributed by atoms with Crippen LogP contribution in [0.5, 0.6) is 0 Å². The average molecular weight is 510 g/mol. The van der Waals surface area contributed by atoms with Crippen LogP contribution in [0.4, 0.5) is 10.5 Å². The van der Waals surface area contributed by atoms with Gasteiger partial charge in [-0.3, -0.25) is 5.32 Å². The van der Waals surface area contributed by atoms with E-state index in [4.69, 9.17) is 14.2 Å². The maximum Gasteiger partial charge on any atom is 0.411 e. The van der Waals surface area contributed by atoms with E-state index in [0.717, 1.165) is 16.3 Å². The van der Waals surface area contributed by atoms with Crippen molar-refractivity contribution < 1.29 is 28.6 Å². The molecule has 4 aromatic rings. The van der Waals surface area contributed by atoms with E-state index in [1.165, 1.54) is 6.92 Å². The van der Waals surface area contributed by atoms with E-state index in [9.17, 15) is 14.4 Å². The van der Waals surface area contributed by atoms with Crippen molar-refractivity contribution in [2.24, 2.45) is 0 Å². The minimum absolute atomic E-state index is 0.194. The summed E-state index contributed by atoms with van der Waals surface area (Å²) in [7, 11) is 0. The van der Waals surface area contributed by atoms with E-state index in [1.807, 2.05) is 78.9 Å². The molecule has 1 N–H and O–H groups in total. The fourth-order valence-corrected chi connectivity index (χ4v) is 3.80. The Hall–Kier alpha value is -4.91. The topological polar surface area (TPSA) is 90.9 Å². The molecule has 0 saturated heterocycles. The van der Waals surface area contributed by atoms with Gasteiger partial charge in [-0.2, -0.15) is 0 Å². The van der Waals surface area contributed by atoms with Crippen molar-refractivity contribution in [2.45, 2.75) is 13.0 Å². The molecule has 0 aromatic heterocycles. The summed E-state index contributed by atoms with van der Waals surface area (Å²) in [6, 6.07) is 29.6. The van der Waals surface area contributed by atoms with E-state index in [-0.39, 0.29) is 18.8 Å². The number of ether oxygens (including phenoxy) is 3. The zero-order valence-electron chi connectivity index (χ0n) is 20.9. The standard InChI is InChI=1S/C31H27NO6/c1-21(2)29(33)36-19-24(20-37-31(35)32-28-18-10-14-23-13-6-7-16-26(23)28)38-30(34)27-17-9-8-15-25(27)22-11-4-3-5-12-22/h3-18,24H,1,19-20H2,2H3,(H,32,35). The van der Waals surface area contributed by atoms with Crippen LogP contribution in [-0.2, 0) is 19.0 Å². The summed E-state index contributed by atoms with van der Waals surface area (Å²) in [5, 5.41) is 4.52. The Morgan fingerprint density at radius 2 is 1.45 bits per heavy atom. The van der Waals surface area contributed by atoms with Gasteiger partial charge in [-0.05, 0) is 35.6 Å². The maximum absolute atomic E-state index is 13.2. The van der Waals surface area contributed by atoms with Crippen LogP contribution in [0.3, 0.4) is 0 Å². The normalized spacial score (nSPS) is 11.3. The zero-order valence-corrected chi connectivity index (χ0v) is 20.9. The maximum atomic E-state index is 13.2. The average Bonchev–Trinajstić information content (AvgIpc) is 2.94. The lowest BCUT2D eigenvalue weighted by Crippen LogP contribution is -2.32. The molecule has 7 heteroatoms. The smallest absolute Gasteiger partial charge is 0.411 e. The van der Waals surface area contributed by atoms with Crippen LogP contribution in [-0.4, -0.2) is 37.3 Å². The molecule has 0 heterocycles. The molecule has 0 spiro atoms. The van der Waals surface area contributed by atoms with Crippen LogP contribution in [0.2, 0.25) is 0 Å². The number of benzene rings is 4. The second-order valence-electron chi connectivity index (χ2n) is 8.57. The van der Waals surface area contributed by atoms with E-state index in [2.05, 4.69) is 11.9 Å². The van der Waals surface area contributed by atoms with Gasteiger partial charge in [0.15, 0.2) is 6.10 Å². The third-order valence-corrected chi connectivity index (χ3v) is 5.68.